The number of H-pyrrole nitrogens is 1. The van der Waals surface area contributed by atoms with Crippen LogP contribution in [0.15, 0.2) is 27.9 Å². The van der Waals surface area contributed by atoms with Crippen molar-refractivity contribution in [2.24, 2.45) is 0 Å². The van der Waals surface area contributed by atoms with Crippen molar-refractivity contribution in [1.82, 2.24) is 23.8 Å². The second-order valence-corrected chi connectivity index (χ2v) is 10.9. The highest BCUT2D eigenvalue weighted by molar-refractivity contribution is 7.89. The molecule has 3 heterocycles. The van der Waals surface area contributed by atoms with Crippen LogP contribution in [0.25, 0.3) is 16.9 Å². The first-order chi connectivity index (χ1) is 17.8. The Morgan fingerprint density at radius 3 is 2.54 bits per heavy atom. The second kappa shape index (κ2) is 11.1. The number of hydrogen-bond acceptors (Lipinski definition) is 8. The average Bonchev–Trinajstić information content (AvgIpc) is 3.16. The lowest BCUT2D eigenvalue weighted by molar-refractivity contribution is 0.112. The molecule has 0 spiro atoms. The average molecular weight is 532 g/mol. The van der Waals surface area contributed by atoms with Crippen molar-refractivity contribution in [3.05, 3.63) is 45.4 Å². The van der Waals surface area contributed by atoms with Gasteiger partial charge in [0, 0.05) is 38.3 Å². The number of fused-ring (bicyclic) bond motifs is 1. The summed E-state index contributed by atoms with van der Waals surface area (Å²) in [5.41, 5.74) is 1.83. The SMILES string of the molecule is CCCc1c(C=O)c(C)c2c(=O)[nH]c(-c3cc(S(=O)(=O)N4CCN(CCO)CC4)ccc3OCC)nn12. The van der Waals surface area contributed by atoms with E-state index in [-0.39, 0.29) is 22.8 Å². The minimum Gasteiger partial charge on any atom is -0.493 e. The third-order valence-corrected chi connectivity index (χ3v) is 8.58. The predicted molar refractivity (Wildman–Crippen MR) is 139 cm³/mol. The van der Waals surface area contributed by atoms with Gasteiger partial charge in [-0.05, 0) is 44.0 Å². The normalized spacial score (nSPS) is 15.4. The molecule has 1 aliphatic rings. The molecule has 37 heavy (non-hydrogen) atoms. The van der Waals surface area contributed by atoms with Crippen molar-refractivity contribution >= 4 is 21.8 Å². The molecule has 1 saturated heterocycles. The molecule has 4 rings (SSSR count). The summed E-state index contributed by atoms with van der Waals surface area (Å²) >= 11 is 0. The van der Waals surface area contributed by atoms with Crippen molar-refractivity contribution in [3.63, 3.8) is 0 Å². The van der Waals surface area contributed by atoms with Gasteiger partial charge in [0.05, 0.1) is 29.4 Å². The smallest absolute Gasteiger partial charge is 0.275 e. The quantitative estimate of drug-likeness (QED) is 0.375. The van der Waals surface area contributed by atoms with Crippen LogP contribution >= 0.6 is 0 Å². The number of nitrogens with one attached hydrogen (secondary N) is 1. The standard InChI is InChI=1S/C25H33N5O6S/c1-4-6-21-20(16-32)17(3)23-25(33)26-24(27-30(21)23)19-15-18(7-8-22(19)36-5-2)37(34,35)29-11-9-28(10-12-29)13-14-31/h7-8,15-16,31H,4-6,9-14H2,1-3H3,(H,26,27,33). The Morgan fingerprint density at radius 1 is 1.19 bits per heavy atom. The maximum atomic E-state index is 13.5. The number of aliphatic hydroxyl groups excluding tert-OH is 1. The van der Waals surface area contributed by atoms with Crippen molar-refractivity contribution < 1.29 is 23.1 Å². The van der Waals surface area contributed by atoms with Crippen LogP contribution in [0.3, 0.4) is 0 Å². The van der Waals surface area contributed by atoms with Gasteiger partial charge in [-0.1, -0.05) is 13.3 Å². The van der Waals surface area contributed by atoms with Gasteiger partial charge in [0.25, 0.3) is 5.56 Å². The second-order valence-electron chi connectivity index (χ2n) is 8.98. The Labute approximate surface area is 215 Å². The summed E-state index contributed by atoms with van der Waals surface area (Å²) in [7, 11) is -3.82. The summed E-state index contributed by atoms with van der Waals surface area (Å²) in [4.78, 5) is 29.8. The number of carbonyl (C=O) groups is 1. The van der Waals surface area contributed by atoms with Gasteiger partial charge >= 0.3 is 0 Å². The summed E-state index contributed by atoms with van der Waals surface area (Å²) in [5.74, 6) is 0.531. The number of carbonyl (C=O) groups excluding carboxylic acids is 1. The summed E-state index contributed by atoms with van der Waals surface area (Å²) in [5, 5.41) is 13.8. The van der Waals surface area contributed by atoms with Crippen molar-refractivity contribution in [2.45, 2.75) is 38.5 Å². The summed E-state index contributed by atoms with van der Waals surface area (Å²) in [6, 6.07) is 4.54. The first-order valence-electron chi connectivity index (χ1n) is 12.5. The summed E-state index contributed by atoms with van der Waals surface area (Å²) in [6.45, 7) is 8.04. The Bertz CT molecular complexity index is 1450. The molecule has 0 atom stereocenters. The molecule has 12 heteroatoms. The molecule has 11 nitrogen and oxygen atoms in total. The molecule has 0 bridgehead atoms. The molecule has 0 saturated carbocycles. The molecule has 1 aliphatic heterocycles. The minimum absolute atomic E-state index is 0.0276. The number of sulfonamides is 1. The third-order valence-electron chi connectivity index (χ3n) is 6.68. The van der Waals surface area contributed by atoms with E-state index in [4.69, 9.17) is 9.84 Å². The van der Waals surface area contributed by atoms with Crippen LogP contribution < -0.4 is 10.3 Å². The van der Waals surface area contributed by atoms with E-state index >= 15 is 0 Å². The lowest BCUT2D eigenvalue weighted by Gasteiger charge is -2.33. The molecule has 2 N–H and O–H groups in total. The first-order valence-corrected chi connectivity index (χ1v) is 13.9. The van der Waals surface area contributed by atoms with E-state index in [1.807, 2.05) is 18.7 Å². The van der Waals surface area contributed by atoms with Crippen LogP contribution in [0.5, 0.6) is 5.75 Å². The molecule has 0 unspecified atom stereocenters. The van der Waals surface area contributed by atoms with Crippen LogP contribution in [0, 0.1) is 6.92 Å². The fourth-order valence-corrected chi connectivity index (χ4v) is 6.24. The van der Waals surface area contributed by atoms with Crippen molar-refractivity contribution in [3.8, 4) is 17.1 Å². The number of β-amino-alcohol motifs (C(OH)–C–C–N with tert-alkyl or cyclic N) is 1. The van der Waals surface area contributed by atoms with Crippen LogP contribution in [0.2, 0.25) is 0 Å². The molecule has 1 fully saturated rings. The highest BCUT2D eigenvalue weighted by atomic mass is 32.2. The number of nitrogens with zero attached hydrogens (tertiary/aromatic N) is 4. The maximum Gasteiger partial charge on any atom is 0.275 e. The summed E-state index contributed by atoms with van der Waals surface area (Å²) < 4.78 is 35.7. The zero-order valence-corrected chi connectivity index (χ0v) is 22.2. The molecule has 0 radical (unpaired) electrons. The van der Waals surface area contributed by atoms with Gasteiger partial charge in [-0.2, -0.15) is 4.31 Å². The number of rotatable bonds is 10. The minimum atomic E-state index is -3.82. The Kier molecular flexibility index (Phi) is 8.12. The number of aldehydes is 1. The van der Waals surface area contributed by atoms with E-state index in [2.05, 4.69) is 10.1 Å². The third kappa shape index (κ3) is 5.06. The lowest BCUT2D eigenvalue weighted by Crippen LogP contribution is -2.49. The molecule has 0 amide bonds. The number of piperazine rings is 1. The number of benzene rings is 1. The number of aromatic nitrogens is 3. The lowest BCUT2D eigenvalue weighted by atomic mass is 10.1. The largest absolute Gasteiger partial charge is 0.493 e. The molecule has 200 valence electrons. The highest BCUT2D eigenvalue weighted by Gasteiger charge is 2.30. The zero-order chi connectivity index (χ0) is 26.7. The molecule has 3 aromatic rings. The zero-order valence-electron chi connectivity index (χ0n) is 21.4. The van der Waals surface area contributed by atoms with E-state index in [1.54, 1.807) is 13.0 Å². The molecular weight excluding hydrogens is 498 g/mol. The molecular formula is C25H33N5O6S. The van der Waals surface area contributed by atoms with E-state index in [0.29, 0.717) is 73.9 Å². The maximum absolute atomic E-state index is 13.5. The van der Waals surface area contributed by atoms with Gasteiger partial charge in [-0.25, -0.2) is 12.9 Å². The van der Waals surface area contributed by atoms with Gasteiger partial charge in [0.15, 0.2) is 12.1 Å². The Hall–Kier alpha value is -3.06. The van der Waals surface area contributed by atoms with Gasteiger partial charge in [0.1, 0.15) is 11.3 Å². The molecule has 0 aliphatic carbocycles. The van der Waals surface area contributed by atoms with Gasteiger partial charge in [-0.3, -0.25) is 14.5 Å². The molecule has 2 aromatic heterocycles. The Balaban J connectivity index is 1.82. The molecule has 1 aromatic carbocycles. The van der Waals surface area contributed by atoms with Gasteiger partial charge < -0.3 is 14.8 Å². The van der Waals surface area contributed by atoms with E-state index in [9.17, 15) is 18.0 Å². The number of hydrogen-bond donors (Lipinski definition) is 2. The first kappa shape index (κ1) is 27.0. The van der Waals surface area contributed by atoms with Crippen molar-refractivity contribution in [1.29, 1.82) is 0 Å². The predicted octanol–water partition coefficient (Wildman–Crippen LogP) is 1.46. The Morgan fingerprint density at radius 2 is 1.92 bits per heavy atom. The number of aromatic amines is 1. The topological polar surface area (TPSA) is 137 Å². The highest BCUT2D eigenvalue weighted by Crippen LogP contribution is 2.32. The number of aliphatic hydroxyl groups is 1. The van der Waals surface area contributed by atoms with Crippen LogP contribution in [0.1, 0.15) is 41.9 Å². The van der Waals surface area contributed by atoms with Crippen LogP contribution in [0.4, 0.5) is 0 Å². The summed E-state index contributed by atoms with van der Waals surface area (Å²) in [6.07, 6.45) is 2.04. The number of aryl methyl sites for hydroxylation is 2. The number of ether oxygens (including phenoxy) is 1. The fraction of sp³-hybridized carbons (Fsp3) is 0.480. The fourth-order valence-electron chi connectivity index (χ4n) is 4.80. The van der Waals surface area contributed by atoms with E-state index in [1.165, 1.54) is 21.0 Å². The monoisotopic (exact) mass is 531 g/mol. The van der Waals surface area contributed by atoms with Crippen LogP contribution in [-0.4, -0.2) is 89.6 Å². The van der Waals surface area contributed by atoms with Gasteiger partial charge in [-0.15, -0.1) is 5.10 Å². The van der Waals surface area contributed by atoms with Crippen molar-refractivity contribution in [2.75, 3.05) is 45.9 Å². The van der Waals surface area contributed by atoms with Crippen LogP contribution in [-0.2, 0) is 16.4 Å². The van der Waals surface area contributed by atoms with E-state index < -0.39 is 15.6 Å². The van der Waals surface area contributed by atoms with Gasteiger partial charge in [0.2, 0.25) is 10.0 Å². The van der Waals surface area contributed by atoms with E-state index in [0.717, 1.165) is 12.7 Å².